The molecule has 0 radical (unpaired) electrons. The maximum Gasteiger partial charge on any atom is 0.120 e. The first kappa shape index (κ1) is 16.5. The zero-order chi connectivity index (χ0) is 15.3. The Morgan fingerprint density at radius 2 is 2.19 bits per heavy atom. The summed E-state index contributed by atoms with van der Waals surface area (Å²) >= 11 is 0. The first-order valence-electron chi connectivity index (χ1n) is 8.05. The van der Waals surface area contributed by atoms with Crippen LogP contribution in [-0.4, -0.2) is 41.4 Å². The number of likely N-dealkylation sites (tertiary alicyclic amines) is 1. The molecule has 21 heavy (non-hydrogen) atoms. The highest BCUT2D eigenvalue weighted by Crippen LogP contribution is 2.30. The molecule has 2 rings (SSSR count). The molecule has 2 atom stereocenters. The molecule has 1 aliphatic heterocycles. The van der Waals surface area contributed by atoms with Crippen molar-refractivity contribution in [3.63, 3.8) is 0 Å². The topological polar surface area (TPSA) is 45.8 Å². The van der Waals surface area contributed by atoms with E-state index in [2.05, 4.69) is 4.90 Å². The van der Waals surface area contributed by atoms with E-state index >= 15 is 0 Å². The van der Waals surface area contributed by atoms with Crippen molar-refractivity contribution in [2.45, 2.75) is 64.2 Å². The monoisotopic (exact) mass is 295 g/mol. The van der Waals surface area contributed by atoms with Gasteiger partial charge < -0.3 is 14.3 Å². The highest BCUT2D eigenvalue weighted by atomic mass is 16.5. The molecule has 0 bridgehead atoms. The Kier molecular flexibility index (Phi) is 5.85. The van der Waals surface area contributed by atoms with Gasteiger partial charge in [-0.05, 0) is 52.3 Å². The van der Waals surface area contributed by atoms with Gasteiger partial charge in [-0.2, -0.15) is 0 Å². The third-order valence-electron chi connectivity index (χ3n) is 3.89. The molecule has 120 valence electrons. The maximum atomic E-state index is 10.3. The number of furan rings is 1. The van der Waals surface area contributed by atoms with Crippen LogP contribution in [0, 0.1) is 0 Å². The molecule has 0 saturated carbocycles. The molecule has 0 aromatic carbocycles. The quantitative estimate of drug-likeness (QED) is 0.904. The van der Waals surface area contributed by atoms with E-state index in [1.54, 1.807) is 6.26 Å². The Morgan fingerprint density at radius 3 is 2.86 bits per heavy atom. The fourth-order valence-corrected chi connectivity index (χ4v) is 2.86. The lowest BCUT2D eigenvalue weighted by Gasteiger charge is -2.31. The lowest BCUT2D eigenvalue weighted by Crippen LogP contribution is -2.38. The van der Waals surface area contributed by atoms with Crippen LogP contribution in [0.3, 0.4) is 0 Å². The molecule has 4 nitrogen and oxygen atoms in total. The second kappa shape index (κ2) is 7.43. The summed E-state index contributed by atoms with van der Waals surface area (Å²) in [6, 6.07) is 4.27. The van der Waals surface area contributed by atoms with Gasteiger partial charge in [0.05, 0.1) is 30.6 Å². The summed E-state index contributed by atoms with van der Waals surface area (Å²) in [4.78, 5) is 2.35. The largest absolute Gasteiger partial charge is 0.468 e. The standard InChI is InChI=1S/C17H29NO3/c1-17(2,3)21-13-14(19)12-18-10-6-4-5-8-15(18)16-9-7-11-20-16/h7,9,11,14-15,19H,4-6,8,10,12-13H2,1-3H3. The molecular formula is C17H29NO3. The van der Waals surface area contributed by atoms with Crippen LogP contribution < -0.4 is 0 Å². The van der Waals surface area contributed by atoms with Crippen molar-refractivity contribution in [2.75, 3.05) is 19.7 Å². The highest BCUT2D eigenvalue weighted by Gasteiger charge is 2.26. The van der Waals surface area contributed by atoms with Crippen LogP contribution in [0.4, 0.5) is 0 Å². The van der Waals surface area contributed by atoms with Crippen LogP contribution >= 0.6 is 0 Å². The molecule has 2 heterocycles. The van der Waals surface area contributed by atoms with Crippen LogP contribution in [0.15, 0.2) is 22.8 Å². The lowest BCUT2D eigenvalue weighted by atomic mass is 10.1. The van der Waals surface area contributed by atoms with Gasteiger partial charge >= 0.3 is 0 Å². The van der Waals surface area contributed by atoms with Crippen LogP contribution in [0.2, 0.25) is 0 Å². The zero-order valence-electron chi connectivity index (χ0n) is 13.5. The minimum Gasteiger partial charge on any atom is -0.468 e. The molecule has 0 spiro atoms. The average Bonchev–Trinajstić information content (AvgIpc) is 2.84. The van der Waals surface area contributed by atoms with Gasteiger partial charge in [0, 0.05) is 6.54 Å². The van der Waals surface area contributed by atoms with E-state index in [-0.39, 0.29) is 11.6 Å². The van der Waals surface area contributed by atoms with Crippen LogP contribution in [0.25, 0.3) is 0 Å². The number of ether oxygens (including phenoxy) is 1. The summed E-state index contributed by atoms with van der Waals surface area (Å²) in [7, 11) is 0. The fourth-order valence-electron chi connectivity index (χ4n) is 2.86. The van der Waals surface area contributed by atoms with E-state index in [4.69, 9.17) is 9.15 Å². The van der Waals surface area contributed by atoms with Gasteiger partial charge in [-0.15, -0.1) is 0 Å². The lowest BCUT2D eigenvalue weighted by molar-refractivity contribution is -0.0594. The number of aliphatic hydroxyl groups excluding tert-OH is 1. The minimum absolute atomic E-state index is 0.208. The summed E-state index contributed by atoms with van der Waals surface area (Å²) in [6.45, 7) is 8.07. The first-order valence-corrected chi connectivity index (χ1v) is 8.05. The van der Waals surface area contributed by atoms with Crippen LogP contribution in [0.5, 0.6) is 0 Å². The van der Waals surface area contributed by atoms with Gasteiger partial charge in [0.2, 0.25) is 0 Å². The van der Waals surface area contributed by atoms with Crippen molar-refractivity contribution in [1.82, 2.24) is 4.90 Å². The van der Waals surface area contributed by atoms with Crippen molar-refractivity contribution in [1.29, 1.82) is 0 Å². The molecule has 0 aliphatic carbocycles. The van der Waals surface area contributed by atoms with Crippen LogP contribution in [0.1, 0.15) is 58.3 Å². The van der Waals surface area contributed by atoms with E-state index in [1.807, 2.05) is 32.9 Å². The SMILES string of the molecule is CC(C)(C)OCC(O)CN1CCCCCC1c1ccco1. The van der Waals surface area contributed by atoms with Crippen molar-refractivity contribution < 1.29 is 14.3 Å². The summed E-state index contributed by atoms with van der Waals surface area (Å²) < 4.78 is 11.3. The predicted molar refractivity (Wildman–Crippen MR) is 83.2 cm³/mol. The normalized spacial score (nSPS) is 23.0. The molecule has 1 fully saturated rings. The Hall–Kier alpha value is -0.840. The maximum absolute atomic E-state index is 10.3. The summed E-state index contributed by atoms with van der Waals surface area (Å²) in [5, 5.41) is 10.3. The average molecular weight is 295 g/mol. The number of aliphatic hydroxyl groups is 1. The van der Waals surface area contributed by atoms with E-state index < -0.39 is 6.10 Å². The second-order valence-corrected chi connectivity index (χ2v) is 6.95. The molecule has 0 amide bonds. The Bertz CT molecular complexity index is 397. The van der Waals surface area contributed by atoms with Crippen molar-refractivity contribution in [3.05, 3.63) is 24.2 Å². The predicted octanol–water partition coefficient (Wildman–Crippen LogP) is 3.37. The number of β-amino-alcohol motifs (C(OH)–C–C–N with tert-alkyl or cyclic N) is 1. The molecule has 1 aromatic heterocycles. The molecule has 2 unspecified atom stereocenters. The summed E-state index contributed by atoms with van der Waals surface area (Å²) in [5.41, 5.74) is -0.208. The van der Waals surface area contributed by atoms with E-state index in [9.17, 15) is 5.11 Å². The summed E-state index contributed by atoms with van der Waals surface area (Å²) in [5.74, 6) is 1.01. The van der Waals surface area contributed by atoms with Crippen molar-refractivity contribution >= 4 is 0 Å². The molecule has 1 aromatic rings. The molecule has 4 heteroatoms. The van der Waals surface area contributed by atoms with Gasteiger partial charge in [-0.25, -0.2) is 0 Å². The smallest absolute Gasteiger partial charge is 0.120 e. The second-order valence-electron chi connectivity index (χ2n) is 6.95. The Balaban J connectivity index is 1.94. The fraction of sp³-hybridized carbons (Fsp3) is 0.765. The Labute approximate surface area is 128 Å². The third kappa shape index (κ3) is 5.46. The number of hydrogen-bond donors (Lipinski definition) is 1. The molecular weight excluding hydrogens is 266 g/mol. The first-order chi connectivity index (χ1) is 9.96. The van der Waals surface area contributed by atoms with Crippen LogP contribution in [-0.2, 0) is 4.74 Å². The summed E-state index contributed by atoms with van der Waals surface area (Å²) in [6.07, 6.45) is 6.03. The zero-order valence-corrected chi connectivity index (χ0v) is 13.5. The minimum atomic E-state index is -0.459. The molecule has 1 aliphatic rings. The molecule has 1 saturated heterocycles. The van der Waals surface area contributed by atoms with E-state index in [1.165, 1.54) is 19.3 Å². The third-order valence-corrected chi connectivity index (χ3v) is 3.89. The van der Waals surface area contributed by atoms with Gasteiger partial charge in [-0.1, -0.05) is 12.8 Å². The number of hydrogen-bond acceptors (Lipinski definition) is 4. The van der Waals surface area contributed by atoms with Crippen molar-refractivity contribution in [3.8, 4) is 0 Å². The van der Waals surface area contributed by atoms with E-state index in [0.717, 1.165) is 18.7 Å². The Morgan fingerprint density at radius 1 is 1.38 bits per heavy atom. The van der Waals surface area contributed by atoms with Crippen molar-refractivity contribution in [2.24, 2.45) is 0 Å². The van der Waals surface area contributed by atoms with E-state index in [0.29, 0.717) is 13.2 Å². The van der Waals surface area contributed by atoms with Gasteiger partial charge in [0.25, 0.3) is 0 Å². The van der Waals surface area contributed by atoms with Gasteiger partial charge in [0.15, 0.2) is 0 Å². The number of nitrogens with zero attached hydrogens (tertiary/aromatic N) is 1. The van der Waals surface area contributed by atoms with Gasteiger partial charge in [0.1, 0.15) is 5.76 Å². The number of rotatable bonds is 5. The van der Waals surface area contributed by atoms with Gasteiger partial charge in [-0.3, -0.25) is 4.90 Å². The highest BCUT2D eigenvalue weighted by molar-refractivity contribution is 5.05. The molecule has 1 N–H and O–H groups in total.